The van der Waals surface area contributed by atoms with Gasteiger partial charge in [-0.05, 0) is 32.9 Å². The van der Waals surface area contributed by atoms with Crippen LogP contribution in [0.1, 0.15) is 37.6 Å². The number of anilines is 1. The Kier molecular flexibility index (Phi) is 5.59. The average Bonchev–Trinajstić information content (AvgIpc) is 2.50. The first-order valence-corrected chi connectivity index (χ1v) is 7.65. The first kappa shape index (κ1) is 15.0. The summed E-state index contributed by atoms with van der Waals surface area (Å²) in [5.74, 6) is 2.41. The van der Waals surface area contributed by atoms with Crippen LogP contribution in [0.3, 0.4) is 0 Å². The second-order valence-corrected chi connectivity index (χ2v) is 5.27. The highest BCUT2D eigenvalue weighted by molar-refractivity contribution is 5.48. The summed E-state index contributed by atoms with van der Waals surface area (Å²) in [5.41, 5.74) is 0.989. The standard InChI is InChI=1S/C15H26N4O/c1-4-13-17-14(16-3)12(2)15(18-13)20-11-10-19-8-6-5-7-9-19/h4-11H2,1-3H3,(H,16,17,18). The summed E-state index contributed by atoms with van der Waals surface area (Å²) in [5, 5.41) is 3.11. The van der Waals surface area contributed by atoms with Gasteiger partial charge in [-0.15, -0.1) is 0 Å². The number of ether oxygens (including phenoxy) is 1. The molecular formula is C15H26N4O. The molecule has 1 aliphatic heterocycles. The van der Waals surface area contributed by atoms with Crippen molar-refractivity contribution in [2.24, 2.45) is 0 Å². The molecule has 0 aliphatic carbocycles. The lowest BCUT2D eigenvalue weighted by atomic mass is 10.1. The lowest BCUT2D eigenvalue weighted by molar-refractivity contribution is 0.180. The molecule has 20 heavy (non-hydrogen) atoms. The van der Waals surface area contributed by atoms with Crippen molar-refractivity contribution in [3.8, 4) is 5.88 Å². The molecule has 1 aromatic heterocycles. The number of nitrogens with zero attached hydrogens (tertiary/aromatic N) is 3. The Balaban J connectivity index is 1.94. The molecule has 1 fully saturated rings. The molecule has 0 amide bonds. The van der Waals surface area contributed by atoms with E-state index in [1.54, 1.807) is 0 Å². The van der Waals surface area contributed by atoms with Crippen molar-refractivity contribution >= 4 is 5.82 Å². The molecule has 0 spiro atoms. The van der Waals surface area contributed by atoms with Gasteiger partial charge in [-0.25, -0.2) is 4.98 Å². The van der Waals surface area contributed by atoms with Gasteiger partial charge in [0.2, 0.25) is 5.88 Å². The van der Waals surface area contributed by atoms with E-state index < -0.39 is 0 Å². The van der Waals surface area contributed by atoms with Crippen molar-refractivity contribution in [3.63, 3.8) is 0 Å². The zero-order valence-corrected chi connectivity index (χ0v) is 12.9. The molecule has 0 saturated carbocycles. The summed E-state index contributed by atoms with van der Waals surface area (Å²) in [7, 11) is 1.88. The van der Waals surface area contributed by atoms with Crippen LogP contribution in [0.2, 0.25) is 0 Å². The molecule has 1 aliphatic rings. The van der Waals surface area contributed by atoms with Crippen molar-refractivity contribution < 1.29 is 4.74 Å². The summed E-state index contributed by atoms with van der Waals surface area (Å²) >= 11 is 0. The molecule has 1 saturated heterocycles. The molecule has 0 aromatic carbocycles. The van der Waals surface area contributed by atoms with Gasteiger partial charge in [0.15, 0.2) is 0 Å². The van der Waals surface area contributed by atoms with Crippen LogP contribution in [0.4, 0.5) is 5.82 Å². The summed E-state index contributed by atoms with van der Waals surface area (Å²) in [6, 6.07) is 0. The van der Waals surface area contributed by atoms with Crippen LogP contribution in [0.15, 0.2) is 0 Å². The third-order valence-electron chi connectivity index (χ3n) is 3.80. The van der Waals surface area contributed by atoms with Gasteiger partial charge in [0.05, 0.1) is 5.56 Å². The second-order valence-electron chi connectivity index (χ2n) is 5.27. The maximum absolute atomic E-state index is 5.89. The highest BCUT2D eigenvalue weighted by Gasteiger charge is 2.12. The first-order valence-electron chi connectivity index (χ1n) is 7.65. The van der Waals surface area contributed by atoms with E-state index in [1.165, 1.54) is 32.4 Å². The van der Waals surface area contributed by atoms with Crippen molar-refractivity contribution in [1.82, 2.24) is 14.9 Å². The molecule has 2 rings (SSSR count). The van der Waals surface area contributed by atoms with Crippen molar-refractivity contribution in [2.45, 2.75) is 39.5 Å². The van der Waals surface area contributed by atoms with Crippen LogP contribution in [0.25, 0.3) is 0 Å². The van der Waals surface area contributed by atoms with Crippen molar-refractivity contribution in [3.05, 3.63) is 11.4 Å². The van der Waals surface area contributed by atoms with Gasteiger partial charge in [-0.3, -0.25) is 4.90 Å². The number of aromatic nitrogens is 2. The molecule has 2 heterocycles. The van der Waals surface area contributed by atoms with Gasteiger partial charge in [-0.1, -0.05) is 13.3 Å². The Morgan fingerprint density at radius 3 is 2.60 bits per heavy atom. The highest BCUT2D eigenvalue weighted by Crippen LogP contribution is 2.22. The van der Waals surface area contributed by atoms with Gasteiger partial charge in [0, 0.05) is 20.0 Å². The number of nitrogens with one attached hydrogen (secondary N) is 1. The molecule has 1 N–H and O–H groups in total. The number of likely N-dealkylation sites (tertiary alicyclic amines) is 1. The number of aryl methyl sites for hydroxylation is 1. The fraction of sp³-hybridized carbons (Fsp3) is 0.733. The molecule has 0 bridgehead atoms. The van der Waals surface area contributed by atoms with Gasteiger partial charge in [0.25, 0.3) is 0 Å². The molecule has 1 aromatic rings. The van der Waals surface area contributed by atoms with Gasteiger partial charge < -0.3 is 10.1 Å². The number of hydrogen-bond donors (Lipinski definition) is 1. The largest absolute Gasteiger partial charge is 0.476 e. The monoisotopic (exact) mass is 278 g/mol. The normalized spacial score (nSPS) is 16.1. The Morgan fingerprint density at radius 2 is 1.95 bits per heavy atom. The summed E-state index contributed by atoms with van der Waals surface area (Å²) < 4.78 is 5.89. The van der Waals surface area contributed by atoms with E-state index >= 15 is 0 Å². The minimum atomic E-state index is 0.699. The highest BCUT2D eigenvalue weighted by atomic mass is 16.5. The minimum absolute atomic E-state index is 0.699. The van der Waals surface area contributed by atoms with E-state index in [2.05, 4.69) is 27.1 Å². The number of rotatable bonds is 6. The Labute approximate surface area is 121 Å². The van der Waals surface area contributed by atoms with Gasteiger partial charge in [0.1, 0.15) is 18.2 Å². The van der Waals surface area contributed by atoms with E-state index in [9.17, 15) is 0 Å². The van der Waals surface area contributed by atoms with E-state index in [-0.39, 0.29) is 0 Å². The van der Waals surface area contributed by atoms with E-state index in [1.807, 2.05) is 14.0 Å². The smallest absolute Gasteiger partial charge is 0.221 e. The third kappa shape index (κ3) is 3.82. The van der Waals surface area contributed by atoms with E-state index in [0.717, 1.165) is 36.1 Å². The third-order valence-corrected chi connectivity index (χ3v) is 3.80. The van der Waals surface area contributed by atoms with Gasteiger partial charge in [-0.2, -0.15) is 4.98 Å². The zero-order chi connectivity index (χ0) is 14.4. The zero-order valence-electron chi connectivity index (χ0n) is 12.9. The molecule has 0 unspecified atom stereocenters. The number of hydrogen-bond acceptors (Lipinski definition) is 5. The van der Waals surface area contributed by atoms with Crippen LogP contribution in [-0.2, 0) is 6.42 Å². The lowest BCUT2D eigenvalue weighted by Gasteiger charge is -2.26. The average molecular weight is 278 g/mol. The summed E-state index contributed by atoms with van der Waals surface area (Å²) in [4.78, 5) is 11.4. The molecule has 0 atom stereocenters. The van der Waals surface area contributed by atoms with Crippen molar-refractivity contribution in [2.75, 3.05) is 38.6 Å². The Hall–Kier alpha value is -1.36. The SMILES string of the molecule is CCc1nc(NC)c(C)c(OCCN2CCCCC2)n1. The molecular weight excluding hydrogens is 252 g/mol. The predicted octanol–water partition coefficient (Wildman–Crippen LogP) is 2.25. The van der Waals surface area contributed by atoms with Crippen LogP contribution in [0.5, 0.6) is 5.88 Å². The maximum atomic E-state index is 5.89. The molecule has 112 valence electrons. The molecule has 0 radical (unpaired) electrons. The first-order chi connectivity index (χ1) is 9.74. The summed E-state index contributed by atoms with van der Waals surface area (Å²) in [6.07, 6.45) is 4.82. The fourth-order valence-corrected chi connectivity index (χ4v) is 2.54. The quantitative estimate of drug-likeness (QED) is 0.865. The maximum Gasteiger partial charge on any atom is 0.221 e. The summed E-state index contributed by atoms with van der Waals surface area (Å²) in [6.45, 7) is 8.15. The topological polar surface area (TPSA) is 50.3 Å². The van der Waals surface area contributed by atoms with E-state index in [0.29, 0.717) is 6.61 Å². The minimum Gasteiger partial charge on any atom is -0.476 e. The Morgan fingerprint density at radius 1 is 1.20 bits per heavy atom. The van der Waals surface area contributed by atoms with E-state index in [4.69, 9.17) is 4.74 Å². The van der Waals surface area contributed by atoms with Crippen LogP contribution in [-0.4, -0.2) is 48.2 Å². The Bertz CT molecular complexity index is 430. The van der Waals surface area contributed by atoms with Gasteiger partial charge >= 0.3 is 0 Å². The lowest BCUT2D eigenvalue weighted by Crippen LogP contribution is -2.33. The van der Waals surface area contributed by atoms with Crippen LogP contribution in [0, 0.1) is 6.92 Å². The van der Waals surface area contributed by atoms with Crippen molar-refractivity contribution in [1.29, 1.82) is 0 Å². The second kappa shape index (κ2) is 7.43. The van der Waals surface area contributed by atoms with Crippen LogP contribution < -0.4 is 10.1 Å². The fourth-order valence-electron chi connectivity index (χ4n) is 2.54. The van der Waals surface area contributed by atoms with Crippen LogP contribution >= 0.6 is 0 Å². The number of piperidine rings is 1. The molecule has 5 nitrogen and oxygen atoms in total. The molecule has 5 heteroatoms. The predicted molar refractivity (Wildman–Crippen MR) is 81.5 cm³/mol.